The standard InChI is InChI=1S/C17H20F3NO6/c1-4-25-15(23)11-6-12(16(24)26-5-2)8-13(7-11)27-10(3)14(22)21-9-17(18,19)20/h6-8,10H,4-5,9H2,1-3H3,(H,21,22)/t10-/m0/s1. The van der Waals surface area contributed by atoms with Crippen LogP contribution in [-0.4, -0.2) is 49.9 Å². The van der Waals surface area contributed by atoms with Crippen molar-refractivity contribution in [1.82, 2.24) is 5.32 Å². The first-order valence-corrected chi connectivity index (χ1v) is 8.07. The molecule has 0 heterocycles. The molecule has 1 aromatic rings. The molecule has 1 atom stereocenters. The van der Waals surface area contributed by atoms with Crippen molar-refractivity contribution in [2.24, 2.45) is 0 Å². The average Bonchev–Trinajstić information content (AvgIpc) is 2.59. The van der Waals surface area contributed by atoms with Crippen molar-refractivity contribution in [2.45, 2.75) is 33.1 Å². The number of nitrogens with one attached hydrogen (secondary N) is 1. The molecule has 0 saturated carbocycles. The molecular formula is C17H20F3NO6. The minimum Gasteiger partial charge on any atom is -0.481 e. The van der Waals surface area contributed by atoms with Crippen LogP contribution < -0.4 is 10.1 Å². The molecule has 0 spiro atoms. The van der Waals surface area contributed by atoms with Crippen LogP contribution in [0.1, 0.15) is 41.5 Å². The van der Waals surface area contributed by atoms with E-state index in [1.165, 1.54) is 25.1 Å². The molecule has 0 aliphatic rings. The van der Waals surface area contributed by atoms with Crippen molar-refractivity contribution >= 4 is 17.8 Å². The number of rotatable bonds is 8. The highest BCUT2D eigenvalue weighted by atomic mass is 19.4. The molecule has 0 aliphatic heterocycles. The first kappa shape index (κ1) is 22.3. The molecule has 0 fully saturated rings. The highest BCUT2D eigenvalue weighted by Gasteiger charge is 2.29. The first-order valence-electron chi connectivity index (χ1n) is 8.07. The summed E-state index contributed by atoms with van der Waals surface area (Å²) in [6.45, 7) is 3.10. The number of benzene rings is 1. The van der Waals surface area contributed by atoms with E-state index in [1.807, 2.05) is 0 Å². The molecule has 1 aromatic carbocycles. The van der Waals surface area contributed by atoms with Crippen LogP contribution in [0.4, 0.5) is 13.2 Å². The van der Waals surface area contributed by atoms with Gasteiger partial charge in [0.25, 0.3) is 5.91 Å². The maximum absolute atomic E-state index is 12.2. The third kappa shape index (κ3) is 7.55. The van der Waals surface area contributed by atoms with Crippen LogP contribution >= 0.6 is 0 Å². The van der Waals surface area contributed by atoms with Crippen molar-refractivity contribution in [2.75, 3.05) is 19.8 Å². The summed E-state index contributed by atoms with van der Waals surface area (Å²) in [5.74, 6) is -2.55. The molecular weight excluding hydrogens is 371 g/mol. The topological polar surface area (TPSA) is 90.9 Å². The maximum atomic E-state index is 12.2. The predicted octanol–water partition coefficient (Wildman–Crippen LogP) is 2.49. The van der Waals surface area contributed by atoms with Gasteiger partial charge in [-0.3, -0.25) is 4.79 Å². The fourth-order valence-electron chi connectivity index (χ4n) is 1.92. The normalized spacial score (nSPS) is 12.1. The summed E-state index contributed by atoms with van der Waals surface area (Å²) < 4.78 is 51.5. The van der Waals surface area contributed by atoms with Gasteiger partial charge >= 0.3 is 18.1 Å². The Balaban J connectivity index is 3.01. The molecule has 27 heavy (non-hydrogen) atoms. The molecule has 1 N–H and O–H groups in total. The summed E-state index contributed by atoms with van der Waals surface area (Å²) in [5, 5.41) is 1.69. The van der Waals surface area contributed by atoms with Crippen LogP contribution in [0.15, 0.2) is 18.2 Å². The van der Waals surface area contributed by atoms with Gasteiger partial charge in [-0.25, -0.2) is 9.59 Å². The van der Waals surface area contributed by atoms with Crippen molar-refractivity contribution in [1.29, 1.82) is 0 Å². The van der Waals surface area contributed by atoms with E-state index in [2.05, 4.69) is 0 Å². The summed E-state index contributed by atoms with van der Waals surface area (Å²) in [7, 11) is 0. The average molecular weight is 391 g/mol. The van der Waals surface area contributed by atoms with Crippen molar-refractivity contribution in [3.63, 3.8) is 0 Å². The predicted molar refractivity (Wildman–Crippen MR) is 87.5 cm³/mol. The number of alkyl halides is 3. The summed E-state index contributed by atoms with van der Waals surface area (Å²) in [6.07, 6.45) is -5.86. The number of esters is 2. The lowest BCUT2D eigenvalue weighted by Crippen LogP contribution is -2.41. The van der Waals surface area contributed by atoms with Gasteiger partial charge in [-0.2, -0.15) is 13.2 Å². The fourth-order valence-corrected chi connectivity index (χ4v) is 1.92. The summed E-state index contributed by atoms with van der Waals surface area (Å²) in [4.78, 5) is 35.6. The highest BCUT2D eigenvalue weighted by Crippen LogP contribution is 2.21. The maximum Gasteiger partial charge on any atom is 0.405 e. The van der Waals surface area contributed by atoms with Crippen LogP contribution in [0.2, 0.25) is 0 Å². The Morgan fingerprint density at radius 1 is 1.00 bits per heavy atom. The van der Waals surface area contributed by atoms with Crippen molar-refractivity contribution in [3.05, 3.63) is 29.3 Å². The molecule has 0 unspecified atom stereocenters. The molecule has 0 saturated heterocycles. The Bertz CT molecular complexity index is 653. The zero-order valence-electron chi connectivity index (χ0n) is 15.0. The number of hydrogen-bond donors (Lipinski definition) is 1. The number of ether oxygens (including phenoxy) is 3. The number of amides is 1. The van der Waals surface area contributed by atoms with E-state index >= 15 is 0 Å². The number of halogens is 3. The third-order valence-corrected chi connectivity index (χ3v) is 3.07. The van der Waals surface area contributed by atoms with Gasteiger partial charge in [0, 0.05) is 0 Å². The largest absolute Gasteiger partial charge is 0.481 e. The summed E-state index contributed by atoms with van der Waals surface area (Å²) in [6, 6.07) is 3.67. The van der Waals surface area contributed by atoms with E-state index in [4.69, 9.17) is 14.2 Å². The van der Waals surface area contributed by atoms with Crippen LogP contribution in [0.5, 0.6) is 5.75 Å². The first-order chi connectivity index (χ1) is 12.6. The second kappa shape index (κ2) is 9.79. The lowest BCUT2D eigenvalue weighted by molar-refractivity contribution is -0.142. The van der Waals surface area contributed by atoms with E-state index in [0.29, 0.717) is 0 Å². The monoisotopic (exact) mass is 391 g/mol. The molecule has 1 amide bonds. The molecule has 0 aliphatic carbocycles. The third-order valence-electron chi connectivity index (χ3n) is 3.07. The Kier molecular flexibility index (Phi) is 8.07. The Morgan fingerprint density at radius 3 is 1.89 bits per heavy atom. The second-order valence-corrected chi connectivity index (χ2v) is 5.28. The Labute approximate surface area is 153 Å². The van der Waals surface area contributed by atoms with Gasteiger partial charge in [0.2, 0.25) is 0 Å². The van der Waals surface area contributed by atoms with Gasteiger partial charge in [-0.1, -0.05) is 0 Å². The molecule has 7 nitrogen and oxygen atoms in total. The van der Waals surface area contributed by atoms with Crippen LogP contribution in [0.3, 0.4) is 0 Å². The number of carbonyl (C=O) groups is 3. The summed E-state index contributed by atoms with van der Waals surface area (Å²) >= 11 is 0. The van der Waals surface area contributed by atoms with Gasteiger partial charge in [0.1, 0.15) is 12.3 Å². The van der Waals surface area contributed by atoms with E-state index in [-0.39, 0.29) is 30.1 Å². The van der Waals surface area contributed by atoms with E-state index in [1.54, 1.807) is 19.2 Å². The van der Waals surface area contributed by atoms with E-state index in [0.717, 1.165) is 0 Å². The lowest BCUT2D eigenvalue weighted by Gasteiger charge is -2.17. The van der Waals surface area contributed by atoms with Gasteiger partial charge in [0.15, 0.2) is 6.10 Å². The van der Waals surface area contributed by atoms with Crippen LogP contribution in [0, 0.1) is 0 Å². The second-order valence-electron chi connectivity index (χ2n) is 5.28. The lowest BCUT2D eigenvalue weighted by atomic mass is 10.1. The molecule has 150 valence electrons. The summed E-state index contributed by atoms with van der Waals surface area (Å²) in [5.41, 5.74) is -0.0550. The zero-order chi connectivity index (χ0) is 20.6. The number of carbonyl (C=O) groups excluding carboxylic acids is 3. The minimum absolute atomic E-state index is 0.0275. The molecule has 0 aromatic heterocycles. The Morgan fingerprint density at radius 2 is 1.48 bits per heavy atom. The molecule has 0 radical (unpaired) electrons. The smallest absolute Gasteiger partial charge is 0.405 e. The molecule has 0 bridgehead atoms. The van der Waals surface area contributed by atoms with Crippen molar-refractivity contribution < 1.29 is 41.8 Å². The minimum atomic E-state index is -4.56. The number of hydrogen-bond acceptors (Lipinski definition) is 6. The van der Waals surface area contributed by atoms with Gasteiger partial charge in [0.05, 0.1) is 24.3 Å². The quantitative estimate of drug-likeness (QED) is 0.685. The van der Waals surface area contributed by atoms with Gasteiger partial charge < -0.3 is 19.5 Å². The Hall–Kier alpha value is -2.78. The molecule has 10 heteroatoms. The fraction of sp³-hybridized carbons (Fsp3) is 0.471. The highest BCUT2D eigenvalue weighted by molar-refractivity contribution is 5.96. The van der Waals surface area contributed by atoms with Gasteiger partial charge in [-0.05, 0) is 39.0 Å². The zero-order valence-corrected chi connectivity index (χ0v) is 15.0. The van der Waals surface area contributed by atoms with Gasteiger partial charge in [-0.15, -0.1) is 0 Å². The molecule has 1 rings (SSSR count). The van der Waals surface area contributed by atoms with E-state index < -0.39 is 36.7 Å². The van der Waals surface area contributed by atoms with Crippen LogP contribution in [0.25, 0.3) is 0 Å². The SMILES string of the molecule is CCOC(=O)c1cc(O[C@@H](C)C(=O)NCC(F)(F)F)cc(C(=O)OCC)c1. The van der Waals surface area contributed by atoms with Crippen molar-refractivity contribution in [3.8, 4) is 5.75 Å². The van der Waals surface area contributed by atoms with E-state index in [9.17, 15) is 27.6 Å². The van der Waals surface area contributed by atoms with Crippen LogP contribution in [-0.2, 0) is 14.3 Å².